The minimum Gasteiger partial charge on any atom is -0.314 e. The average molecular weight is 210 g/mol. The molecular weight excluding hydrogens is 184 g/mol. The third-order valence-electron chi connectivity index (χ3n) is 3.24. The fourth-order valence-corrected chi connectivity index (χ4v) is 2.16. The largest absolute Gasteiger partial charge is 0.314 e. The van der Waals surface area contributed by atoms with E-state index in [0.29, 0.717) is 6.04 Å². The van der Waals surface area contributed by atoms with Gasteiger partial charge in [0.2, 0.25) is 0 Å². The first-order valence-electron chi connectivity index (χ1n) is 6.32. The van der Waals surface area contributed by atoms with Crippen LogP contribution in [0.3, 0.4) is 0 Å². The second kappa shape index (κ2) is 7.02. The molecule has 0 spiro atoms. The molecule has 1 heterocycles. The van der Waals surface area contributed by atoms with E-state index in [1.807, 2.05) is 0 Å². The second-order valence-electron chi connectivity index (χ2n) is 4.72. The summed E-state index contributed by atoms with van der Waals surface area (Å²) in [5.74, 6) is 0. The minimum absolute atomic E-state index is 0.717. The molecule has 0 radical (unpaired) electrons. The predicted octanol–water partition coefficient (Wildman–Crippen LogP) is 2.42. The summed E-state index contributed by atoms with van der Waals surface area (Å²) < 4.78 is 0. The first kappa shape index (κ1) is 12.7. The van der Waals surface area contributed by atoms with Crippen LogP contribution in [0.1, 0.15) is 40.0 Å². The van der Waals surface area contributed by atoms with Crippen molar-refractivity contribution in [2.45, 2.75) is 52.1 Å². The number of rotatable bonds is 5. The smallest absolute Gasteiger partial charge is 0.00915 e. The van der Waals surface area contributed by atoms with E-state index in [1.165, 1.54) is 32.4 Å². The van der Waals surface area contributed by atoms with Gasteiger partial charge in [-0.25, -0.2) is 0 Å². The monoisotopic (exact) mass is 210 g/mol. The fraction of sp³-hybridized carbons (Fsp3) is 0.846. The zero-order valence-corrected chi connectivity index (χ0v) is 10.5. The maximum absolute atomic E-state index is 3.64. The van der Waals surface area contributed by atoms with Crippen molar-refractivity contribution in [3.05, 3.63) is 12.2 Å². The molecule has 0 aliphatic carbocycles. The van der Waals surface area contributed by atoms with Crippen LogP contribution in [0.4, 0.5) is 0 Å². The van der Waals surface area contributed by atoms with Gasteiger partial charge in [-0.2, -0.15) is 0 Å². The number of hydrogen-bond donors (Lipinski definition) is 1. The number of likely N-dealkylation sites (tertiary alicyclic amines) is 1. The van der Waals surface area contributed by atoms with E-state index in [1.54, 1.807) is 0 Å². The van der Waals surface area contributed by atoms with Gasteiger partial charge in [-0.05, 0) is 59.7 Å². The van der Waals surface area contributed by atoms with Crippen LogP contribution in [0.25, 0.3) is 0 Å². The summed E-state index contributed by atoms with van der Waals surface area (Å²) in [7, 11) is 0. The topological polar surface area (TPSA) is 15.3 Å². The molecule has 88 valence electrons. The number of hydrogen-bond acceptors (Lipinski definition) is 2. The molecule has 0 amide bonds. The lowest BCUT2D eigenvalue weighted by atomic mass is 10.0. The Kier molecular flexibility index (Phi) is 5.96. The van der Waals surface area contributed by atoms with Crippen molar-refractivity contribution in [2.24, 2.45) is 0 Å². The quantitative estimate of drug-likeness (QED) is 0.554. The van der Waals surface area contributed by atoms with Crippen molar-refractivity contribution >= 4 is 0 Å². The van der Waals surface area contributed by atoms with Crippen molar-refractivity contribution in [3.63, 3.8) is 0 Å². The third kappa shape index (κ3) is 4.80. The van der Waals surface area contributed by atoms with Crippen molar-refractivity contribution in [2.75, 3.05) is 19.6 Å². The third-order valence-corrected chi connectivity index (χ3v) is 3.24. The lowest BCUT2D eigenvalue weighted by Gasteiger charge is -2.34. The van der Waals surface area contributed by atoms with Gasteiger partial charge in [-0.1, -0.05) is 12.2 Å². The predicted molar refractivity (Wildman–Crippen MR) is 67.2 cm³/mol. The van der Waals surface area contributed by atoms with Crippen LogP contribution in [0.2, 0.25) is 0 Å². The average Bonchev–Trinajstić information content (AvgIpc) is 2.25. The van der Waals surface area contributed by atoms with E-state index in [-0.39, 0.29) is 0 Å². The molecule has 15 heavy (non-hydrogen) atoms. The van der Waals surface area contributed by atoms with Gasteiger partial charge in [0, 0.05) is 12.1 Å². The molecule has 1 aliphatic heterocycles. The Hall–Kier alpha value is -0.340. The number of allylic oxidation sites excluding steroid dienone is 1. The summed E-state index contributed by atoms with van der Waals surface area (Å²) in [5, 5.41) is 3.64. The first-order valence-corrected chi connectivity index (χ1v) is 6.32. The van der Waals surface area contributed by atoms with Crippen molar-refractivity contribution in [1.29, 1.82) is 0 Å². The summed E-state index contributed by atoms with van der Waals surface area (Å²) in [6.45, 7) is 10.3. The molecule has 1 saturated heterocycles. The number of piperidine rings is 1. The highest BCUT2D eigenvalue weighted by Gasteiger charge is 2.19. The SMILES string of the molecule is C/C=C/CCNC1CCN(C(C)C)CC1. The molecule has 1 aliphatic rings. The Bertz CT molecular complexity index is 179. The second-order valence-corrected chi connectivity index (χ2v) is 4.72. The Labute approximate surface area is 94.7 Å². The highest BCUT2D eigenvalue weighted by atomic mass is 15.2. The molecule has 0 saturated carbocycles. The van der Waals surface area contributed by atoms with Crippen LogP contribution in [0, 0.1) is 0 Å². The van der Waals surface area contributed by atoms with Gasteiger partial charge in [-0.3, -0.25) is 0 Å². The van der Waals surface area contributed by atoms with E-state index < -0.39 is 0 Å². The Morgan fingerprint density at radius 1 is 1.33 bits per heavy atom. The Morgan fingerprint density at radius 3 is 2.53 bits per heavy atom. The first-order chi connectivity index (χ1) is 7.24. The zero-order chi connectivity index (χ0) is 11.1. The van der Waals surface area contributed by atoms with Gasteiger partial charge < -0.3 is 10.2 Å². The van der Waals surface area contributed by atoms with E-state index in [0.717, 1.165) is 12.6 Å². The van der Waals surface area contributed by atoms with Gasteiger partial charge in [0.05, 0.1) is 0 Å². The zero-order valence-electron chi connectivity index (χ0n) is 10.5. The van der Waals surface area contributed by atoms with Crippen molar-refractivity contribution in [3.8, 4) is 0 Å². The highest BCUT2D eigenvalue weighted by Crippen LogP contribution is 2.12. The number of nitrogens with zero attached hydrogens (tertiary/aromatic N) is 1. The molecule has 1 fully saturated rings. The van der Waals surface area contributed by atoms with E-state index >= 15 is 0 Å². The molecule has 0 atom stereocenters. The standard InChI is InChI=1S/C13H26N2/c1-4-5-6-9-14-13-7-10-15(11-8-13)12(2)3/h4-5,12-14H,6-11H2,1-3H3/b5-4+. The molecule has 2 heteroatoms. The van der Waals surface area contributed by atoms with Gasteiger partial charge in [0.1, 0.15) is 0 Å². The van der Waals surface area contributed by atoms with E-state index in [4.69, 9.17) is 0 Å². The van der Waals surface area contributed by atoms with Gasteiger partial charge in [0.25, 0.3) is 0 Å². The molecule has 2 nitrogen and oxygen atoms in total. The van der Waals surface area contributed by atoms with Crippen molar-refractivity contribution < 1.29 is 0 Å². The van der Waals surface area contributed by atoms with E-state index in [2.05, 4.69) is 43.1 Å². The van der Waals surface area contributed by atoms with Crippen LogP contribution < -0.4 is 5.32 Å². The Morgan fingerprint density at radius 2 is 2.00 bits per heavy atom. The number of nitrogens with one attached hydrogen (secondary N) is 1. The molecule has 0 aromatic carbocycles. The highest BCUT2D eigenvalue weighted by molar-refractivity contribution is 4.81. The summed E-state index contributed by atoms with van der Waals surface area (Å²) in [6.07, 6.45) is 8.15. The molecule has 0 bridgehead atoms. The lowest BCUT2D eigenvalue weighted by molar-refractivity contribution is 0.161. The van der Waals surface area contributed by atoms with Crippen LogP contribution in [-0.2, 0) is 0 Å². The molecule has 1 rings (SSSR count). The van der Waals surface area contributed by atoms with Crippen LogP contribution >= 0.6 is 0 Å². The molecule has 0 aromatic heterocycles. The van der Waals surface area contributed by atoms with Gasteiger partial charge in [0.15, 0.2) is 0 Å². The summed E-state index contributed by atoms with van der Waals surface area (Å²) >= 11 is 0. The summed E-state index contributed by atoms with van der Waals surface area (Å²) in [6, 6.07) is 1.47. The normalized spacial score (nSPS) is 20.5. The maximum atomic E-state index is 3.64. The van der Waals surface area contributed by atoms with Gasteiger partial charge >= 0.3 is 0 Å². The van der Waals surface area contributed by atoms with Crippen LogP contribution in [0.5, 0.6) is 0 Å². The summed E-state index contributed by atoms with van der Waals surface area (Å²) in [4.78, 5) is 2.57. The lowest BCUT2D eigenvalue weighted by Crippen LogP contribution is -2.45. The molecule has 0 aromatic rings. The Balaban J connectivity index is 2.09. The minimum atomic E-state index is 0.717. The van der Waals surface area contributed by atoms with E-state index in [9.17, 15) is 0 Å². The van der Waals surface area contributed by atoms with Crippen LogP contribution in [-0.4, -0.2) is 36.6 Å². The van der Waals surface area contributed by atoms with Gasteiger partial charge in [-0.15, -0.1) is 0 Å². The molecule has 0 unspecified atom stereocenters. The van der Waals surface area contributed by atoms with Crippen molar-refractivity contribution in [1.82, 2.24) is 10.2 Å². The maximum Gasteiger partial charge on any atom is 0.00915 e. The fourth-order valence-electron chi connectivity index (χ4n) is 2.16. The van der Waals surface area contributed by atoms with Crippen LogP contribution in [0.15, 0.2) is 12.2 Å². The summed E-state index contributed by atoms with van der Waals surface area (Å²) in [5.41, 5.74) is 0. The molecular formula is C13H26N2. The molecule has 1 N–H and O–H groups in total.